The van der Waals surface area contributed by atoms with E-state index >= 15 is 0 Å². The number of nitrogens with zero attached hydrogens (tertiary/aromatic N) is 2. The molecule has 1 N–H and O–H groups in total. The first-order valence-corrected chi connectivity index (χ1v) is 7.10. The van der Waals surface area contributed by atoms with Crippen LogP contribution in [0.5, 0.6) is 0 Å². The molecular formula is C13H18BrN3O. The predicted octanol–water partition coefficient (Wildman–Crippen LogP) is 1.92. The molecule has 0 bridgehead atoms. The van der Waals surface area contributed by atoms with Gasteiger partial charge in [-0.05, 0) is 53.5 Å². The average molecular weight is 312 g/mol. The summed E-state index contributed by atoms with van der Waals surface area (Å²) < 4.78 is 0.688. The zero-order chi connectivity index (χ0) is 13.0. The van der Waals surface area contributed by atoms with Crippen molar-refractivity contribution in [3.05, 3.63) is 28.5 Å². The second kappa shape index (κ2) is 6.29. The van der Waals surface area contributed by atoms with Crippen LogP contribution >= 0.6 is 15.9 Å². The lowest BCUT2D eigenvalue weighted by atomic mass is 10.1. The molecule has 1 aliphatic heterocycles. The van der Waals surface area contributed by atoms with Gasteiger partial charge in [-0.1, -0.05) is 6.92 Å². The lowest BCUT2D eigenvalue weighted by molar-refractivity contribution is 0.0947. The molecule has 1 aliphatic rings. The molecule has 0 radical (unpaired) electrons. The monoisotopic (exact) mass is 311 g/mol. The molecule has 1 unspecified atom stereocenters. The summed E-state index contributed by atoms with van der Waals surface area (Å²) in [5, 5.41) is 3.00. The molecule has 0 aliphatic carbocycles. The number of hydrogen-bond donors (Lipinski definition) is 1. The van der Waals surface area contributed by atoms with E-state index in [1.165, 1.54) is 6.42 Å². The average Bonchev–Trinajstić information content (AvgIpc) is 2.84. The van der Waals surface area contributed by atoms with Crippen molar-refractivity contribution in [2.75, 3.05) is 26.2 Å². The van der Waals surface area contributed by atoms with Crippen LogP contribution in [0.1, 0.15) is 23.7 Å². The van der Waals surface area contributed by atoms with Crippen molar-refractivity contribution in [3.8, 4) is 0 Å². The fraction of sp³-hybridized carbons (Fsp3) is 0.538. The molecule has 2 heterocycles. The number of halogens is 1. The fourth-order valence-corrected chi connectivity index (χ4v) is 2.61. The predicted molar refractivity (Wildman–Crippen MR) is 74.5 cm³/mol. The Morgan fingerprint density at radius 3 is 3.17 bits per heavy atom. The van der Waals surface area contributed by atoms with Gasteiger partial charge in [0.05, 0.1) is 0 Å². The van der Waals surface area contributed by atoms with Crippen molar-refractivity contribution in [1.82, 2.24) is 15.2 Å². The quantitative estimate of drug-likeness (QED) is 0.864. The van der Waals surface area contributed by atoms with Gasteiger partial charge in [0.15, 0.2) is 0 Å². The Hall–Kier alpha value is -0.940. The second-order valence-corrected chi connectivity index (χ2v) is 5.44. The molecule has 1 aromatic rings. The van der Waals surface area contributed by atoms with Gasteiger partial charge in [-0.25, -0.2) is 4.98 Å². The van der Waals surface area contributed by atoms with Crippen LogP contribution in [0.4, 0.5) is 0 Å². The Balaban J connectivity index is 1.82. The van der Waals surface area contributed by atoms with Gasteiger partial charge in [0, 0.05) is 24.8 Å². The number of likely N-dealkylation sites (tertiary alicyclic amines) is 1. The molecule has 1 fully saturated rings. The fourth-order valence-electron chi connectivity index (χ4n) is 2.25. The highest BCUT2D eigenvalue weighted by Crippen LogP contribution is 2.15. The highest BCUT2D eigenvalue weighted by atomic mass is 79.9. The van der Waals surface area contributed by atoms with E-state index in [2.05, 4.69) is 38.1 Å². The van der Waals surface area contributed by atoms with Gasteiger partial charge in [0.1, 0.15) is 4.60 Å². The highest BCUT2D eigenvalue weighted by Gasteiger charge is 2.21. The first-order chi connectivity index (χ1) is 8.69. The summed E-state index contributed by atoms with van der Waals surface area (Å²) in [6.45, 7) is 6.28. The second-order valence-electron chi connectivity index (χ2n) is 4.63. The molecular weight excluding hydrogens is 294 g/mol. The minimum Gasteiger partial charge on any atom is -0.352 e. The van der Waals surface area contributed by atoms with Crippen LogP contribution in [-0.4, -0.2) is 42.0 Å². The van der Waals surface area contributed by atoms with Gasteiger partial charge >= 0.3 is 0 Å². The Kier molecular flexibility index (Phi) is 4.72. The smallest absolute Gasteiger partial charge is 0.251 e. The standard InChI is InChI=1S/C13H18BrN3O/c1-2-17-6-4-10(9-17)8-16-13(18)11-3-5-15-12(14)7-11/h3,5,7,10H,2,4,6,8-9H2,1H3,(H,16,18). The van der Waals surface area contributed by atoms with Gasteiger partial charge in [-0.15, -0.1) is 0 Å². The summed E-state index contributed by atoms with van der Waals surface area (Å²) in [5.41, 5.74) is 0.655. The van der Waals surface area contributed by atoms with Crippen molar-refractivity contribution in [2.24, 2.45) is 5.92 Å². The number of carbonyl (C=O) groups is 1. The van der Waals surface area contributed by atoms with Gasteiger partial charge in [0.2, 0.25) is 0 Å². The normalized spacial score (nSPS) is 20.0. The minimum atomic E-state index is -0.0203. The Labute approximate surface area is 116 Å². The number of rotatable bonds is 4. The Morgan fingerprint density at radius 2 is 2.50 bits per heavy atom. The summed E-state index contributed by atoms with van der Waals surface area (Å²) in [5.74, 6) is 0.562. The summed E-state index contributed by atoms with van der Waals surface area (Å²) in [6.07, 6.45) is 2.81. The molecule has 0 saturated carbocycles. The van der Waals surface area contributed by atoms with Crippen molar-refractivity contribution >= 4 is 21.8 Å². The van der Waals surface area contributed by atoms with Gasteiger partial charge < -0.3 is 10.2 Å². The summed E-state index contributed by atoms with van der Waals surface area (Å²) >= 11 is 3.27. The van der Waals surface area contributed by atoms with Crippen LogP contribution < -0.4 is 5.32 Å². The molecule has 4 nitrogen and oxygen atoms in total. The maximum atomic E-state index is 11.9. The van der Waals surface area contributed by atoms with E-state index in [9.17, 15) is 4.79 Å². The van der Waals surface area contributed by atoms with Gasteiger partial charge in [0.25, 0.3) is 5.91 Å². The van der Waals surface area contributed by atoms with Gasteiger partial charge in [-0.2, -0.15) is 0 Å². The third-order valence-corrected chi connectivity index (χ3v) is 3.79. The zero-order valence-corrected chi connectivity index (χ0v) is 12.1. The third-order valence-electron chi connectivity index (χ3n) is 3.36. The number of nitrogens with one attached hydrogen (secondary N) is 1. The van der Waals surface area contributed by atoms with Crippen molar-refractivity contribution in [3.63, 3.8) is 0 Å². The molecule has 98 valence electrons. The van der Waals surface area contributed by atoms with Crippen LogP contribution in [0, 0.1) is 5.92 Å². The largest absolute Gasteiger partial charge is 0.352 e. The maximum Gasteiger partial charge on any atom is 0.251 e. The number of hydrogen-bond acceptors (Lipinski definition) is 3. The van der Waals surface area contributed by atoms with E-state index in [0.717, 1.165) is 26.2 Å². The number of amides is 1. The van der Waals surface area contributed by atoms with E-state index in [1.54, 1.807) is 18.3 Å². The molecule has 1 saturated heterocycles. The van der Waals surface area contributed by atoms with Crippen molar-refractivity contribution < 1.29 is 4.79 Å². The van der Waals surface area contributed by atoms with Crippen molar-refractivity contribution in [2.45, 2.75) is 13.3 Å². The van der Waals surface area contributed by atoms with Crippen LogP contribution in [0.3, 0.4) is 0 Å². The van der Waals surface area contributed by atoms with E-state index in [1.807, 2.05) is 0 Å². The van der Waals surface area contributed by atoms with Crippen LogP contribution in [0.25, 0.3) is 0 Å². The summed E-state index contributed by atoms with van der Waals surface area (Å²) in [6, 6.07) is 3.47. The van der Waals surface area contributed by atoms with Crippen LogP contribution in [0.2, 0.25) is 0 Å². The number of carbonyl (C=O) groups excluding carboxylic acids is 1. The molecule has 0 aromatic carbocycles. The maximum absolute atomic E-state index is 11.9. The number of pyridine rings is 1. The molecule has 0 spiro atoms. The first kappa shape index (κ1) is 13.5. The molecule has 5 heteroatoms. The Morgan fingerprint density at radius 1 is 1.67 bits per heavy atom. The molecule has 1 amide bonds. The van der Waals surface area contributed by atoms with E-state index in [4.69, 9.17) is 0 Å². The van der Waals surface area contributed by atoms with E-state index < -0.39 is 0 Å². The number of aromatic nitrogens is 1. The molecule has 18 heavy (non-hydrogen) atoms. The summed E-state index contributed by atoms with van der Waals surface area (Å²) in [7, 11) is 0. The lowest BCUT2D eigenvalue weighted by Crippen LogP contribution is -2.31. The van der Waals surface area contributed by atoms with Crippen LogP contribution in [0.15, 0.2) is 22.9 Å². The third kappa shape index (κ3) is 3.53. The van der Waals surface area contributed by atoms with Crippen LogP contribution in [-0.2, 0) is 0 Å². The van der Waals surface area contributed by atoms with E-state index in [0.29, 0.717) is 16.1 Å². The molecule has 2 rings (SSSR count). The molecule has 1 aromatic heterocycles. The molecule has 1 atom stereocenters. The minimum absolute atomic E-state index is 0.0203. The van der Waals surface area contributed by atoms with Gasteiger partial charge in [-0.3, -0.25) is 4.79 Å². The Bertz CT molecular complexity index is 424. The van der Waals surface area contributed by atoms with E-state index in [-0.39, 0.29) is 5.91 Å². The van der Waals surface area contributed by atoms with Crippen molar-refractivity contribution in [1.29, 1.82) is 0 Å². The SMILES string of the molecule is CCN1CCC(CNC(=O)c2ccnc(Br)c2)C1. The summed E-state index contributed by atoms with van der Waals surface area (Å²) in [4.78, 5) is 18.4. The highest BCUT2D eigenvalue weighted by molar-refractivity contribution is 9.10. The first-order valence-electron chi connectivity index (χ1n) is 6.31. The lowest BCUT2D eigenvalue weighted by Gasteiger charge is -2.13. The topological polar surface area (TPSA) is 45.2 Å². The zero-order valence-electron chi connectivity index (χ0n) is 10.5.